The Kier molecular flexibility index (Phi) is 2.67. The number of hydrogen-bond donors (Lipinski definition) is 1. The van der Waals surface area contributed by atoms with E-state index >= 15 is 0 Å². The van der Waals surface area contributed by atoms with Gasteiger partial charge in [0.2, 0.25) is 0 Å². The predicted molar refractivity (Wildman–Crippen MR) is 40.5 cm³/mol. The van der Waals surface area contributed by atoms with Crippen LogP contribution in [0.5, 0.6) is 0 Å². The van der Waals surface area contributed by atoms with Gasteiger partial charge < -0.3 is 15.0 Å². The minimum Gasteiger partial charge on any atom is -0.468 e. The van der Waals surface area contributed by atoms with Gasteiger partial charge in [0.25, 0.3) is 0 Å². The van der Waals surface area contributed by atoms with Gasteiger partial charge in [-0.05, 0) is 0 Å². The molecule has 0 bridgehead atoms. The lowest BCUT2D eigenvalue weighted by Gasteiger charge is -2.03. The fraction of sp³-hybridized carbons (Fsp3) is 0.333. The van der Waals surface area contributed by atoms with Crippen molar-refractivity contribution in [1.29, 1.82) is 0 Å². The van der Waals surface area contributed by atoms with Gasteiger partial charge in [0.1, 0.15) is 0 Å². The first-order chi connectivity index (χ1) is 5.65. The summed E-state index contributed by atoms with van der Waals surface area (Å²) in [6, 6.07) is 0.401. The number of nitrogens with zero attached hydrogens (tertiary/aromatic N) is 1. The summed E-state index contributed by atoms with van der Waals surface area (Å²) < 4.78 is 9.02. The molecule has 0 saturated heterocycles. The van der Waals surface area contributed by atoms with E-state index in [-0.39, 0.29) is 10.9 Å². The summed E-state index contributed by atoms with van der Waals surface area (Å²) in [6.07, 6.45) is 0. The topological polar surface area (TPSA) is 78.4 Å². The lowest BCUT2D eigenvalue weighted by atomic mass is 10.2. The number of halogens is 1. The van der Waals surface area contributed by atoms with Gasteiger partial charge in [-0.25, -0.2) is 4.79 Å². The number of aromatic nitrogens is 1. The lowest BCUT2D eigenvalue weighted by molar-refractivity contribution is -0.142. The quantitative estimate of drug-likeness (QED) is 0.687. The molecule has 1 heterocycles. The second-order valence-electron chi connectivity index (χ2n) is 2.05. The number of rotatable bonds is 2. The first-order valence-electron chi connectivity index (χ1n) is 3.10. The first kappa shape index (κ1) is 9.02. The van der Waals surface area contributed by atoms with Crippen molar-refractivity contribution in [2.45, 2.75) is 6.04 Å². The average Bonchev–Trinajstić information content (AvgIpc) is 2.49. The minimum atomic E-state index is -0.963. The van der Waals surface area contributed by atoms with Crippen LogP contribution in [0.4, 0.5) is 0 Å². The molecule has 1 unspecified atom stereocenters. The normalized spacial score (nSPS) is 12.6. The van der Waals surface area contributed by atoms with Crippen LogP contribution in [0, 0.1) is 0 Å². The monoisotopic (exact) mass is 190 g/mol. The Morgan fingerprint density at radius 1 is 1.92 bits per heavy atom. The molecule has 12 heavy (non-hydrogen) atoms. The highest BCUT2D eigenvalue weighted by molar-refractivity contribution is 6.29. The van der Waals surface area contributed by atoms with Crippen LogP contribution in [-0.4, -0.2) is 18.2 Å². The fourth-order valence-electron chi connectivity index (χ4n) is 0.656. The molecule has 0 amide bonds. The minimum absolute atomic E-state index is 0.157. The van der Waals surface area contributed by atoms with E-state index in [4.69, 9.17) is 17.3 Å². The average molecular weight is 191 g/mol. The molecular formula is C6H7ClN2O3. The van der Waals surface area contributed by atoms with Crippen LogP contribution in [-0.2, 0) is 9.53 Å². The maximum absolute atomic E-state index is 10.8. The van der Waals surface area contributed by atoms with E-state index in [2.05, 4.69) is 14.4 Å². The molecule has 0 aliphatic rings. The predicted octanol–water partition coefficient (Wildman–Crippen LogP) is 0.501. The van der Waals surface area contributed by atoms with Crippen LogP contribution >= 0.6 is 11.6 Å². The van der Waals surface area contributed by atoms with Crippen molar-refractivity contribution in [3.8, 4) is 0 Å². The number of carbonyl (C=O) groups excluding carboxylic acids is 1. The van der Waals surface area contributed by atoms with Crippen molar-refractivity contribution < 1.29 is 14.1 Å². The summed E-state index contributed by atoms with van der Waals surface area (Å²) in [5, 5.41) is 3.51. The Balaban J connectivity index is 2.77. The lowest BCUT2D eigenvalue weighted by Crippen LogP contribution is -2.21. The van der Waals surface area contributed by atoms with E-state index < -0.39 is 12.0 Å². The molecule has 5 nitrogen and oxygen atoms in total. The van der Waals surface area contributed by atoms with Crippen molar-refractivity contribution >= 4 is 17.6 Å². The Morgan fingerprint density at radius 3 is 3.00 bits per heavy atom. The molecule has 0 spiro atoms. The van der Waals surface area contributed by atoms with E-state index in [1.54, 1.807) is 0 Å². The second-order valence-corrected chi connectivity index (χ2v) is 2.44. The zero-order valence-corrected chi connectivity index (χ0v) is 7.04. The van der Waals surface area contributed by atoms with Crippen LogP contribution < -0.4 is 5.73 Å². The third-order valence-electron chi connectivity index (χ3n) is 1.26. The third-order valence-corrected chi connectivity index (χ3v) is 1.44. The SMILES string of the molecule is COC(=O)C(N)c1cc(Cl)no1. The number of ether oxygens (including phenoxy) is 1. The molecule has 66 valence electrons. The summed E-state index contributed by atoms with van der Waals surface area (Å²) in [4.78, 5) is 10.8. The number of methoxy groups -OCH3 is 1. The molecule has 1 rings (SSSR count). The molecule has 1 atom stereocenters. The summed E-state index contributed by atoms with van der Waals surface area (Å²) in [5.74, 6) is -0.408. The van der Waals surface area contributed by atoms with Crippen LogP contribution in [0.15, 0.2) is 10.6 Å². The van der Waals surface area contributed by atoms with Gasteiger partial charge in [0, 0.05) is 6.07 Å². The summed E-state index contributed by atoms with van der Waals surface area (Å²) >= 11 is 5.44. The summed E-state index contributed by atoms with van der Waals surface area (Å²) in [7, 11) is 1.24. The standard InChI is InChI=1S/C6H7ClN2O3/c1-11-6(10)5(8)3-2-4(7)9-12-3/h2,5H,8H2,1H3. The van der Waals surface area contributed by atoms with E-state index in [1.807, 2.05) is 0 Å². The van der Waals surface area contributed by atoms with Gasteiger partial charge in [-0.1, -0.05) is 16.8 Å². The Bertz CT molecular complexity index is 286. The Labute approximate surface area is 73.4 Å². The van der Waals surface area contributed by atoms with E-state index in [0.717, 1.165) is 0 Å². The molecule has 0 aliphatic carbocycles. The van der Waals surface area contributed by atoms with Crippen LogP contribution in [0.1, 0.15) is 11.8 Å². The zero-order valence-electron chi connectivity index (χ0n) is 6.28. The van der Waals surface area contributed by atoms with Gasteiger partial charge in [0.05, 0.1) is 7.11 Å². The van der Waals surface area contributed by atoms with Crippen molar-refractivity contribution in [2.75, 3.05) is 7.11 Å². The fourth-order valence-corrected chi connectivity index (χ4v) is 0.798. The molecule has 0 aliphatic heterocycles. The highest BCUT2D eigenvalue weighted by Crippen LogP contribution is 2.15. The van der Waals surface area contributed by atoms with Crippen LogP contribution in [0.3, 0.4) is 0 Å². The largest absolute Gasteiger partial charge is 0.468 e. The van der Waals surface area contributed by atoms with Gasteiger partial charge >= 0.3 is 5.97 Å². The molecular weight excluding hydrogens is 184 g/mol. The van der Waals surface area contributed by atoms with Crippen molar-refractivity contribution in [3.05, 3.63) is 17.0 Å². The maximum Gasteiger partial charge on any atom is 0.330 e. The van der Waals surface area contributed by atoms with Gasteiger partial charge in [-0.15, -0.1) is 0 Å². The zero-order chi connectivity index (χ0) is 9.14. The van der Waals surface area contributed by atoms with Crippen LogP contribution in [0.25, 0.3) is 0 Å². The van der Waals surface area contributed by atoms with E-state index in [1.165, 1.54) is 13.2 Å². The molecule has 6 heteroatoms. The van der Waals surface area contributed by atoms with Gasteiger partial charge in [-0.3, -0.25) is 0 Å². The maximum atomic E-state index is 10.8. The molecule has 0 saturated carbocycles. The van der Waals surface area contributed by atoms with Crippen LogP contribution in [0.2, 0.25) is 5.15 Å². The Morgan fingerprint density at radius 2 is 2.58 bits per heavy atom. The molecule has 1 aromatic heterocycles. The Hall–Kier alpha value is -1.07. The molecule has 0 aromatic carbocycles. The highest BCUT2D eigenvalue weighted by Gasteiger charge is 2.20. The van der Waals surface area contributed by atoms with Crippen molar-refractivity contribution in [2.24, 2.45) is 5.73 Å². The number of esters is 1. The number of nitrogens with two attached hydrogens (primary N) is 1. The number of hydrogen-bond acceptors (Lipinski definition) is 5. The highest BCUT2D eigenvalue weighted by atomic mass is 35.5. The van der Waals surface area contributed by atoms with E-state index in [9.17, 15) is 4.79 Å². The molecule has 0 fully saturated rings. The van der Waals surface area contributed by atoms with Gasteiger partial charge in [-0.2, -0.15) is 0 Å². The second kappa shape index (κ2) is 3.55. The first-order valence-corrected chi connectivity index (χ1v) is 3.48. The molecule has 2 N–H and O–H groups in total. The number of carbonyl (C=O) groups is 1. The summed E-state index contributed by atoms with van der Waals surface area (Å²) in [6.45, 7) is 0. The third kappa shape index (κ3) is 1.75. The summed E-state index contributed by atoms with van der Waals surface area (Å²) in [5.41, 5.74) is 5.40. The van der Waals surface area contributed by atoms with E-state index in [0.29, 0.717) is 0 Å². The smallest absolute Gasteiger partial charge is 0.330 e. The van der Waals surface area contributed by atoms with Crippen molar-refractivity contribution in [3.63, 3.8) is 0 Å². The molecule has 0 radical (unpaired) electrons. The molecule has 1 aromatic rings. The van der Waals surface area contributed by atoms with Gasteiger partial charge in [0.15, 0.2) is 17.0 Å². The van der Waals surface area contributed by atoms with Crippen molar-refractivity contribution in [1.82, 2.24) is 5.16 Å².